The number of carbonyl (C=O) groups excluding carboxylic acids is 1. The molecule has 4 rings (SSSR count). The SMILES string of the molecule is COC(O)c1ccc(C(C)NC(=O)c2c(C#N)c3c(n2Cc2cccc(C(F)(F)F)c2)CCCCC3)cc1. The Kier molecular flexibility index (Phi) is 8.24. The molecule has 1 aliphatic carbocycles. The van der Waals surface area contributed by atoms with E-state index in [-0.39, 0.29) is 17.8 Å². The van der Waals surface area contributed by atoms with Crippen molar-refractivity contribution in [3.8, 4) is 6.07 Å². The first-order valence-electron chi connectivity index (χ1n) is 12.6. The number of halogens is 3. The zero-order valence-corrected chi connectivity index (χ0v) is 21.3. The molecule has 2 atom stereocenters. The quantitative estimate of drug-likeness (QED) is 0.300. The summed E-state index contributed by atoms with van der Waals surface area (Å²) in [5.41, 5.74) is 3.12. The number of amides is 1. The summed E-state index contributed by atoms with van der Waals surface area (Å²) in [6.07, 6.45) is -1.50. The zero-order valence-electron chi connectivity index (χ0n) is 21.3. The van der Waals surface area contributed by atoms with Crippen molar-refractivity contribution in [2.75, 3.05) is 7.11 Å². The number of fused-ring (bicyclic) bond motifs is 1. The summed E-state index contributed by atoms with van der Waals surface area (Å²) in [6.45, 7) is 1.85. The van der Waals surface area contributed by atoms with Gasteiger partial charge in [0.25, 0.3) is 5.91 Å². The maximum Gasteiger partial charge on any atom is 0.416 e. The van der Waals surface area contributed by atoms with E-state index >= 15 is 0 Å². The molecular weight excluding hydrogens is 495 g/mol. The first-order valence-corrected chi connectivity index (χ1v) is 12.6. The van der Waals surface area contributed by atoms with Crippen molar-refractivity contribution in [3.05, 3.63) is 93.3 Å². The number of nitrogens with one attached hydrogen (secondary N) is 1. The Labute approximate surface area is 219 Å². The minimum absolute atomic E-state index is 0.0503. The number of aliphatic hydroxyl groups is 1. The highest BCUT2D eigenvalue weighted by molar-refractivity contribution is 5.96. The molecule has 9 heteroatoms. The molecule has 2 aromatic carbocycles. The van der Waals surface area contributed by atoms with Crippen molar-refractivity contribution in [3.63, 3.8) is 0 Å². The van der Waals surface area contributed by atoms with Crippen molar-refractivity contribution >= 4 is 5.91 Å². The molecule has 0 fully saturated rings. The lowest BCUT2D eigenvalue weighted by atomic mass is 10.0. The van der Waals surface area contributed by atoms with E-state index in [1.807, 2.05) is 0 Å². The van der Waals surface area contributed by atoms with E-state index in [1.54, 1.807) is 41.8 Å². The molecule has 0 aliphatic heterocycles. The number of methoxy groups -OCH3 is 1. The largest absolute Gasteiger partial charge is 0.416 e. The van der Waals surface area contributed by atoms with Crippen LogP contribution in [-0.2, 0) is 30.3 Å². The summed E-state index contributed by atoms with van der Waals surface area (Å²) in [6, 6.07) is 13.8. The monoisotopic (exact) mass is 525 g/mol. The van der Waals surface area contributed by atoms with Gasteiger partial charge in [0.15, 0.2) is 6.29 Å². The van der Waals surface area contributed by atoms with Gasteiger partial charge in [-0.3, -0.25) is 4.79 Å². The molecule has 0 spiro atoms. The van der Waals surface area contributed by atoms with Crippen molar-refractivity contribution in [2.45, 2.75) is 64.1 Å². The van der Waals surface area contributed by atoms with Crippen LogP contribution in [-0.4, -0.2) is 22.7 Å². The van der Waals surface area contributed by atoms with Gasteiger partial charge in [0.2, 0.25) is 0 Å². The number of rotatable bonds is 7. The van der Waals surface area contributed by atoms with Crippen LogP contribution in [0.2, 0.25) is 0 Å². The maximum atomic E-state index is 13.6. The number of aromatic nitrogens is 1. The fraction of sp³-hybridized carbons (Fsp3) is 0.379. The molecule has 0 saturated carbocycles. The average molecular weight is 526 g/mol. The number of alkyl halides is 3. The molecule has 0 saturated heterocycles. The Hall–Kier alpha value is -3.61. The second kappa shape index (κ2) is 11.4. The van der Waals surface area contributed by atoms with Crippen LogP contribution < -0.4 is 5.32 Å². The van der Waals surface area contributed by atoms with E-state index < -0.39 is 30.0 Å². The van der Waals surface area contributed by atoms with Gasteiger partial charge in [0, 0.05) is 24.9 Å². The Balaban J connectivity index is 1.70. The highest BCUT2D eigenvalue weighted by atomic mass is 19.4. The predicted octanol–water partition coefficient (Wildman–Crippen LogP) is 5.82. The number of ether oxygens (including phenoxy) is 1. The number of carbonyl (C=O) groups is 1. The van der Waals surface area contributed by atoms with Gasteiger partial charge in [-0.05, 0) is 61.4 Å². The molecule has 1 aliphatic rings. The normalized spacial score (nSPS) is 15.2. The molecule has 2 unspecified atom stereocenters. The number of nitrogens with zero attached hydrogens (tertiary/aromatic N) is 2. The van der Waals surface area contributed by atoms with Crippen LogP contribution in [0.25, 0.3) is 0 Å². The lowest BCUT2D eigenvalue weighted by molar-refractivity contribution is -0.137. The molecule has 1 aromatic heterocycles. The highest BCUT2D eigenvalue weighted by Crippen LogP contribution is 2.33. The maximum absolute atomic E-state index is 13.6. The Morgan fingerprint density at radius 2 is 1.82 bits per heavy atom. The van der Waals surface area contributed by atoms with Gasteiger partial charge < -0.3 is 19.7 Å². The van der Waals surface area contributed by atoms with Crippen LogP contribution in [0.15, 0.2) is 48.5 Å². The number of hydrogen-bond acceptors (Lipinski definition) is 4. The number of hydrogen-bond donors (Lipinski definition) is 2. The number of aliphatic hydroxyl groups excluding tert-OH is 1. The van der Waals surface area contributed by atoms with Gasteiger partial charge in [0.1, 0.15) is 11.8 Å². The minimum atomic E-state index is -4.48. The molecule has 3 aromatic rings. The minimum Gasteiger partial charge on any atom is -0.364 e. The van der Waals surface area contributed by atoms with Gasteiger partial charge in [0.05, 0.1) is 17.2 Å². The van der Waals surface area contributed by atoms with Crippen molar-refractivity contribution in [1.82, 2.24) is 9.88 Å². The molecule has 6 nitrogen and oxygen atoms in total. The Morgan fingerprint density at radius 1 is 1.13 bits per heavy atom. The Morgan fingerprint density at radius 3 is 2.47 bits per heavy atom. The number of nitriles is 1. The second-order valence-corrected chi connectivity index (χ2v) is 9.56. The third kappa shape index (κ3) is 5.77. The van der Waals surface area contributed by atoms with E-state index in [1.165, 1.54) is 13.2 Å². The zero-order chi connectivity index (χ0) is 27.4. The summed E-state index contributed by atoms with van der Waals surface area (Å²) < 4.78 is 46.7. The highest BCUT2D eigenvalue weighted by Gasteiger charge is 2.32. The van der Waals surface area contributed by atoms with Gasteiger partial charge in [-0.1, -0.05) is 42.8 Å². The Bertz CT molecular complexity index is 1340. The lowest BCUT2D eigenvalue weighted by Gasteiger charge is -2.18. The second-order valence-electron chi connectivity index (χ2n) is 9.56. The fourth-order valence-electron chi connectivity index (χ4n) is 5.04. The molecule has 0 radical (unpaired) electrons. The third-order valence-electron chi connectivity index (χ3n) is 7.04. The first kappa shape index (κ1) is 27.4. The van der Waals surface area contributed by atoms with Gasteiger partial charge >= 0.3 is 6.18 Å². The molecule has 38 heavy (non-hydrogen) atoms. The van der Waals surface area contributed by atoms with Crippen molar-refractivity contribution in [1.29, 1.82) is 5.26 Å². The average Bonchev–Trinajstić information content (AvgIpc) is 3.03. The van der Waals surface area contributed by atoms with Gasteiger partial charge in [-0.15, -0.1) is 0 Å². The summed E-state index contributed by atoms with van der Waals surface area (Å²) in [4.78, 5) is 13.6. The van der Waals surface area contributed by atoms with Crippen molar-refractivity contribution < 1.29 is 27.8 Å². The fourth-order valence-corrected chi connectivity index (χ4v) is 5.04. The topological polar surface area (TPSA) is 87.3 Å². The standard InChI is InChI=1S/C29H30F3N3O3/c1-18(20-11-13-21(14-12-20)28(37)38-2)34-27(36)26-24(16-33)23-9-4-3-5-10-25(23)35(26)17-19-7-6-8-22(15-19)29(30,31)32/h6-8,11-15,18,28,37H,3-5,9-10,17H2,1-2H3,(H,34,36). The first-order chi connectivity index (χ1) is 18.1. The molecule has 2 N–H and O–H groups in total. The van der Waals surface area contributed by atoms with Crippen LogP contribution in [0.5, 0.6) is 0 Å². The molecular formula is C29H30F3N3O3. The van der Waals surface area contributed by atoms with E-state index in [2.05, 4.69) is 11.4 Å². The smallest absolute Gasteiger partial charge is 0.364 e. The van der Waals surface area contributed by atoms with Crippen LogP contribution in [0, 0.1) is 11.3 Å². The lowest BCUT2D eigenvalue weighted by Crippen LogP contribution is -2.30. The van der Waals surface area contributed by atoms with Crippen LogP contribution in [0.1, 0.15) is 88.1 Å². The number of benzene rings is 2. The van der Waals surface area contributed by atoms with E-state index in [9.17, 15) is 28.3 Å². The van der Waals surface area contributed by atoms with Gasteiger partial charge in [-0.2, -0.15) is 18.4 Å². The van der Waals surface area contributed by atoms with Crippen molar-refractivity contribution in [2.24, 2.45) is 0 Å². The van der Waals surface area contributed by atoms with Crippen LogP contribution in [0.4, 0.5) is 13.2 Å². The summed E-state index contributed by atoms with van der Waals surface area (Å²) >= 11 is 0. The van der Waals surface area contributed by atoms with E-state index in [0.29, 0.717) is 24.0 Å². The summed E-state index contributed by atoms with van der Waals surface area (Å²) in [7, 11) is 1.39. The third-order valence-corrected chi connectivity index (χ3v) is 7.04. The molecule has 200 valence electrons. The molecule has 1 heterocycles. The van der Waals surface area contributed by atoms with Crippen LogP contribution in [0.3, 0.4) is 0 Å². The summed E-state index contributed by atoms with van der Waals surface area (Å²) in [5.74, 6) is -0.463. The van der Waals surface area contributed by atoms with E-state index in [4.69, 9.17) is 4.74 Å². The summed E-state index contributed by atoms with van der Waals surface area (Å²) in [5, 5.41) is 22.9. The van der Waals surface area contributed by atoms with Crippen LogP contribution >= 0.6 is 0 Å². The molecule has 0 bridgehead atoms. The van der Waals surface area contributed by atoms with Gasteiger partial charge in [-0.25, -0.2) is 0 Å². The van der Waals surface area contributed by atoms with E-state index in [0.717, 1.165) is 48.2 Å². The predicted molar refractivity (Wildman–Crippen MR) is 135 cm³/mol. The molecule has 1 amide bonds.